The fraction of sp³-hybridized carbons (Fsp3) is 0.312. The van der Waals surface area contributed by atoms with Crippen molar-refractivity contribution >= 4 is 17.2 Å². The Balaban J connectivity index is 1.67. The Morgan fingerprint density at radius 2 is 2.32 bits per heavy atom. The zero-order chi connectivity index (χ0) is 14.8. The molecule has 0 saturated heterocycles. The Labute approximate surface area is 127 Å². The first kappa shape index (κ1) is 13.1. The summed E-state index contributed by atoms with van der Waals surface area (Å²) in [6, 6.07) is 3.80. The molecule has 0 amide bonds. The van der Waals surface area contributed by atoms with Crippen molar-refractivity contribution in [3.8, 4) is 0 Å². The molecule has 3 aromatic heterocycles. The highest BCUT2D eigenvalue weighted by atomic mass is 16.3. The summed E-state index contributed by atoms with van der Waals surface area (Å²) in [5.74, 6) is 1.58. The van der Waals surface area contributed by atoms with E-state index in [4.69, 9.17) is 4.42 Å². The Bertz CT molecular complexity index is 803. The molecule has 0 aliphatic heterocycles. The van der Waals surface area contributed by atoms with Gasteiger partial charge < -0.3 is 9.73 Å². The fourth-order valence-electron chi connectivity index (χ4n) is 2.84. The topological polar surface area (TPSA) is 68.2 Å². The molecule has 0 radical (unpaired) electrons. The number of aromatic nitrogens is 4. The van der Waals surface area contributed by atoms with E-state index < -0.39 is 0 Å². The molecule has 1 aliphatic carbocycles. The SMILES string of the molecule is C1=C(c2cnc(NCc3ccco3)n3cnnc23)CCCC1. The molecule has 0 aromatic carbocycles. The van der Waals surface area contributed by atoms with Gasteiger partial charge >= 0.3 is 0 Å². The van der Waals surface area contributed by atoms with Gasteiger partial charge in [0.25, 0.3) is 0 Å². The summed E-state index contributed by atoms with van der Waals surface area (Å²) in [6.45, 7) is 0.579. The molecule has 6 heteroatoms. The van der Waals surface area contributed by atoms with Gasteiger partial charge in [0.2, 0.25) is 5.95 Å². The lowest BCUT2D eigenvalue weighted by atomic mass is 9.95. The monoisotopic (exact) mass is 295 g/mol. The highest BCUT2D eigenvalue weighted by Crippen LogP contribution is 2.29. The molecule has 0 fully saturated rings. The van der Waals surface area contributed by atoms with Crippen LogP contribution >= 0.6 is 0 Å². The van der Waals surface area contributed by atoms with Crippen molar-refractivity contribution in [2.45, 2.75) is 32.2 Å². The minimum absolute atomic E-state index is 0.579. The minimum atomic E-state index is 0.579. The Morgan fingerprint density at radius 1 is 1.32 bits per heavy atom. The molecule has 0 unspecified atom stereocenters. The quantitative estimate of drug-likeness (QED) is 0.800. The number of nitrogens with one attached hydrogen (secondary N) is 1. The van der Waals surface area contributed by atoms with Crippen LogP contribution in [0.1, 0.15) is 37.0 Å². The van der Waals surface area contributed by atoms with Gasteiger partial charge in [0.05, 0.1) is 12.8 Å². The van der Waals surface area contributed by atoms with Gasteiger partial charge in [-0.25, -0.2) is 4.98 Å². The van der Waals surface area contributed by atoms with Gasteiger partial charge in [0, 0.05) is 11.8 Å². The molecule has 0 spiro atoms. The maximum absolute atomic E-state index is 5.33. The standard InChI is InChI=1S/C16H17N5O/c1-2-5-12(6-3-1)14-10-18-16(21-11-19-20-15(14)21)17-9-13-7-4-8-22-13/h4-5,7-8,10-11H,1-3,6,9H2,(H,17,18). The van der Waals surface area contributed by atoms with Crippen LogP contribution < -0.4 is 5.32 Å². The lowest BCUT2D eigenvalue weighted by Crippen LogP contribution is -2.07. The number of furan rings is 1. The summed E-state index contributed by atoms with van der Waals surface area (Å²) in [5.41, 5.74) is 3.26. The molecule has 0 bridgehead atoms. The van der Waals surface area contributed by atoms with E-state index in [0.717, 1.165) is 35.8 Å². The van der Waals surface area contributed by atoms with E-state index in [2.05, 4.69) is 26.6 Å². The second-order valence-electron chi connectivity index (χ2n) is 5.43. The van der Waals surface area contributed by atoms with Crippen LogP contribution in [0.2, 0.25) is 0 Å². The highest BCUT2D eigenvalue weighted by Gasteiger charge is 2.14. The van der Waals surface area contributed by atoms with Gasteiger partial charge in [-0.1, -0.05) is 6.08 Å². The van der Waals surface area contributed by atoms with Crippen molar-refractivity contribution in [1.82, 2.24) is 19.6 Å². The zero-order valence-electron chi connectivity index (χ0n) is 12.2. The molecule has 3 heterocycles. The number of nitrogens with zero attached hydrogens (tertiary/aromatic N) is 4. The van der Waals surface area contributed by atoms with E-state index in [9.17, 15) is 0 Å². The summed E-state index contributed by atoms with van der Waals surface area (Å²) >= 11 is 0. The highest BCUT2D eigenvalue weighted by molar-refractivity contribution is 5.76. The normalized spacial score (nSPS) is 15.0. The van der Waals surface area contributed by atoms with E-state index in [0.29, 0.717) is 6.54 Å². The molecular formula is C16H17N5O. The van der Waals surface area contributed by atoms with Crippen LogP contribution in [-0.2, 0) is 6.54 Å². The first-order valence-corrected chi connectivity index (χ1v) is 7.56. The lowest BCUT2D eigenvalue weighted by molar-refractivity contribution is 0.517. The predicted molar refractivity (Wildman–Crippen MR) is 83.3 cm³/mol. The second-order valence-corrected chi connectivity index (χ2v) is 5.43. The summed E-state index contributed by atoms with van der Waals surface area (Å²) in [6.07, 6.45) is 12.3. The molecule has 6 nitrogen and oxygen atoms in total. The smallest absolute Gasteiger partial charge is 0.210 e. The van der Waals surface area contributed by atoms with Crippen LogP contribution in [0, 0.1) is 0 Å². The number of allylic oxidation sites excluding steroid dienone is 2. The van der Waals surface area contributed by atoms with Crippen molar-refractivity contribution < 1.29 is 4.42 Å². The van der Waals surface area contributed by atoms with Crippen LogP contribution in [0.5, 0.6) is 0 Å². The molecule has 1 N–H and O–H groups in total. The average Bonchev–Trinajstić information content (AvgIpc) is 3.25. The molecule has 112 valence electrons. The third kappa shape index (κ3) is 2.36. The van der Waals surface area contributed by atoms with Crippen molar-refractivity contribution in [2.24, 2.45) is 0 Å². The van der Waals surface area contributed by atoms with E-state index in [1.807, 2.05) is 22.7 Å². The minimum Gasteiger partial charge on any atom is -0.467 e. The van der Waals surface area contributed by atoms with Crippen molar-refractivity contribution in [1.29, 1.82) is 0 Å². The van der Waals surface area contributed by atoms with Gasteiger partial charge in [-0.05, 0) is 43.4 Å². The van der Waals surface area contributed by atoms with Gasteiger partial charge in [0.1, 0.15) is 12.1 Å². The molecule has 22 heavy (non-hydrogen) atoms. The second kappa shape index (κ2) is 5.63. The Morgan fingerprint density at radius 3 is 3.14 bits per heavy atom. The average molecular weight is 295 g/mol. The van der Waals surface area contributed by atoms with Crippen molar-refractivity contribution in [3.63, 3.8) is 0 Å². The Hall–Kier alpha value is -2.63. The predicted octanol–water partition coefficient (Wildman–Crippen LogP) is 3.29. The maximum atomic E-state index is 5.33. The van der Waals surface area contributed by atoms with Gasteiger partial charge in [-0.2, -0.15) is 0 Å². The summed E-state index contributed by atoms with van der Waals surface area (Å²) in [7, 11) is 0. The molecular weight excluding hydrogens is 278 g/mol. The summed E-state index contributed by atoms with van der Waals surface area (Å²) in [4.78, 5) is 4.54. The first-order chi connectivity index (χ1) is 10.9. The van der Waals surface area contributed by atoms with E-state index in [-0.39, 0.29) is 0 Å². The van der Waals surface area contributed by atoms with Crippen LogP contribution in [0.25, 0.3) is 11.2 Å². The number of hydrogen-bond donors (Lipinski definition) is 1. The molecule has 3 aromatic rings. The van der Waals surface area contributed by atoms with Gasteiger partial charge in [-0.3, -0.25) is 4.40 Å². The number of rotatable bonds is 4. The van der Waals surface area contributed by atoms with Crippen LogP contribution in [0.4, 0.5) is 5.95 Å². The maximum Gasteiger partial charge on any atom is 0.210 e. The van der Waals surface area contributed by atoms with E-state index in [1.165, 1.54) is 18.4 Å². The zero-order valence-corrected chi connectivity index (χ0v) is 12.2. The largest absolute Gasteiger partial charge is 0.467 e. The molecule has 1 aliphatic rings. The lowest BCUT2D eigenvalue weighted by Gasteiger charge is -2.14. The van der Waals surface area contributed by atoms with Crippen molar-refractivity contribution in [2.75, 3.05) is 5.32 Å². The first-order valence-electron chi connectivity index (χ1n) is 7.56. The van der Waals surface area contributed by atoms with E-state index in [1.54, 1.807) is 12.6 Å². The molecule has 0 atom stereocenters. The molecule has 4 rings (SSSR count). The van der Waals surface area contributed by atoms with E-state index >= 15 is 0 Å². The summed E-state index contributed by atoms with van der Waals surface area (Å²) < 4.78 is 7.22. The van der Waals surface area contributed by atoms with Crippen LogP contribution in [0.15, 0.2) is 41.4 Å². The van der Waals surface area contributed by atoms with Gasteiger partial charge in [-0.15, -0.1) is 10.2 Å². The van der Waals surface area contributed by atoms with Crippen LogP contribution in [0.3, 0.4) is 0 Å². The Kier molecular flexibility index (Phi) is 3.34. The number of hydrogen-bond acceptors (Lipinski definition) is 5. The molecule has 0 saturated carbocycles. The number of fused-ring (bicyclic) bond motifs is 1. The third-order valence-corrected chi connectivity index (χ3v) is 3.97. The van der Waals surface area contributed by atoms with Crippen LogP contribution in [-0.4, -0.2) is 19.6 Å². The fourth-order valence-corrected chi connectivity index (χ4v) is 2.84. The van der Waals surface area contributed by atoms with Gasteiger partial charge in [0.15, 0.2) is 5.65 Å². The summed E-state index contributed by atoms with van der Waals surface area (Å²) in [5, 5.41) is 11.6. The third-order valence-electron chi connectivity index (χ3n) is 3.97. The van der Waals surface area contributed by atoms with Crippen molar-refractivity contribution in [3.05, 3.63) is 48.3 Å². The number of anilines is 1.